The molecule has 2 heterocycles. The Morgan fingerprint density at radius 3 is 2.77 bits per heavy atom. The number of amides is 1. The van der Waals surface area contributed by atoms with Gasteiger partial charge in [0.2, 0.25) is 5.91 Å². The largest absolute Gasteiger partial charge is 0.508 e. The smallest absolute Gasteiger partial charge is 0.235 e. The van der Waals surface area contributed by atoms with Crippen molar-refractivity contribution in [2.45, 2.75) is 12.2 Å². The van der Waals surface area contributed by atoms with Crippen molar-refractivity contribution in [1.82, 2.24) is 9.78 Å². The van der Waals surface area contributed by atoms with Gasteiger partial charge in [0.1, 0.15) is 11.6 Å². The lowest BCUT2D eigenvalue weighted by molar-refractivity contribution is -0.113. The van der Waals surface area contributed by atoms with Gasteiger partial charge in [-0.2, -0.15) is 5.10 Å². The number of phenols is 1. The minimum Gasteiger partial charge on any atom is -0.508 e. The molecule has 2 aromatic carbocycles. The Bertz CT molecular complexity index is 985. The molecule has 0 aliphatic carbocycles. The van der Waals surface area contributed by atoms with E-state index in [1.54, 1.807) is 28.9 Å². The molecule has 1 aliphatic rings. The molecule has 1 aromatic heterocycles. The summed E-state index contributed by atoms with van der Waals surface area (Å²) in [4.78, 5) is 12.3. The van der Waals surface area contributed by atoms with E-state index in [0.29, 0.717) is 16.6 Å². The molecule has 26 heavy (non-hydrogen) atoms. The SMILES string of the molecule is Cc1nn(-c2ccc(Cl)cc2)c2c1[C@@H](c1cccc(O)c1)SCC(=O)N2. The fourth-order valence-electron chi connectivity index (χ4n) is 3.10. The second kappa shape index (κ2) is 6.70. The summed E-state index contributed by atoms with van der Waals surface area (Å²) in [6.07, 6.45) is 0. The summed E-state index contributed by atoms with van der Waals surface area (Å²) in [5, 5.41) is 18.0. The predicted octanol–water partition coefficient (Wildman–Crippen LogP) is 4.31. The zero-order valence-corrected chi connectivity index (χ0v) is 15.5. The number of aromatic nitrogens is 2. The third kappa shape index (κ3) is 3.06. The summed E-state index contributed by atoms with van der Waals surface area (Å²) >= 11 is 7.51. The van der Waals surface area contributed by atoms with E-state index in [1.807, 2.05) is 31.2 Å². The average molecular weight is 386 g/mol. The van der Waals surface area contributed by atoms with Gasteiger partial charge < -0.3 is 10.4 Å². The maximum atomic E-state index is 12.3. The van der Waals surface area contributed by atoms with E-state index in [-0.39, 0.29) is 16.9 Å². The number of carbonyl (C=O) groups excluding carboxylic acids is 1. The normalized spacial score (nSPS) is 16.7. The molecule has 2 N–H and O–H groups in total. The van der Waals surface area contributed by atoms with Gasteiger partial charge in [-0.05, 0) is 48.9 Å². The van der Waals surface area contributed by atoms with Crippen LogP contribution in [0.1, 0.15) is 22.1 Å². The number of nitrogens with one attached hydrogen (secondary N) is 1. The van der Waals surface area contributed by atoms with Crippen molar-refractivity contribution in [3.8, 4) is 11.4 Å². The van der Waals surface area contributed by atoms with Crippen LogP contribution < -0.4 is 5.32 Å². The molecule has 132 valence electrons. The molecular formula is C19H16ClN3O2S. The number of aryl methyl sites for hydroxylation is 1. The molecule has 1 amide bonds. The van der Waals surface area contributed by atoms with Crippen LogP contribution in [-0.4, -0.2) is 26.5 Å². The molecule has 1 aliphatic heterocycles. The summed E-state index contributed by atoms with van der Waals surface area (Å²) in [6, 6.07) is 14.4. The monoisotopic (exact) mass is 385 g/mol. The summed E-state index contributed by atoms with van der Waals surface area (Å²) in [7, 11) is 0. The van der Waals surface area contributed by atoms with E-state index in [0.717, 1.165) is 22.5 Å². The standard InChI is InChI=1S/C19H16ClN3O2S/c1-11-17-18(12-3-2-4-15(24)9-12)26-10-16(25)21-19(17)23(22-11)14-7-5-13(20)6-8-14/h2-9,18,24H,10H2,1H3,(H,21,25)/t18-/m1/s1. The highest BCUT2D eigenvalue weighted by atomic mass is 35.5. The second-order valence-corrected chi connectivity index (χ2v) is 7.60. The first kappa shape index (κ1) is 17.0. The number of benzene rings is 2. The molecule has 0 bridgehead atoms. The van der Waals surface area contributed by atoms with E-state index in [2.05, 4.69) is 10.4 Å². The maximum absolute atomic E-state index is 12.3. The molecule has 0 saturated carbocycles. The van der Waals surface area contributed by atoms with Crippen molar-refractivity contribution in [1.29, 1.82) is 0 Å². The maximum Gasteiger partial charge on any atom is 0.235 e. The van der Waals surface area contributed by atoms with Gasteiger partial charge in [0.15, 0.2) is 0 Å². The molecule has 3 aromatic rings. The Labute approximate surface area is 160 Å². The number of thioether (sulfide) groups is 1. The van der Waals surface area contributed by atoms with Gasteiger partial charge in [0.05, 0.1) is 22.4 Å². The molecule has 7 heteroatoms. The summed E-state index contributed by atoms with van der Waals surface area (Å²) in [5.41, 5.74) is 3.53. The van der Waals surface area contributed by atoms with Crippen molar-refractivity contribution >= 4 is 35.1 Å². The minimum absolute atomic E-state index is 0.0750. The number of nitrogens with zero attached hydrogens (tertiary/aromatic N) is 2. The van der Waals surface area contributed by atoms with Crippen molar-refractivity contribution in [2.75, 3.05) is 11.1 Å². The van der Waals surface area contributed by atoms with Crippen LogP contribution in [0.25, 0.3) is 5.69 Å². The number of phenolic OH excluding ortho intramolecular Hbond substituents is 1. The van der Waals surface area contributed by atoms with E-state index >= 15 is 0 Å². The highest BCUT2D eigenvalue weighted by Gasteiger charge is 2.30. The predicted molar refractivity (Wildman–Crippen MR) is 104 cm³/mol. The van der Waals surface area contributed by atoms with Crippen LogP contribution in [0.15, 0.2) is 48.5 Å². The first-order valence-electron chi connectivity index (χ1n) is 8.09. The van der Waals surface area contributed by atoms with Crippen LogP contribution in [0.4, 0.5) is 5.82 Å². The molecule has 1 atom stereocenters. The molecule has 0 spiro atoms. The van der Waals surface area contributed by atoms with Gasteiger partial charge >= 0.3 is 0 Å². The van der Waals surface area contributed by atoms with Crippen molar-refractivity contribution in [3.63, 3.8) is 0 Å². The number of hydrogen-bond donors (Lipinski definition) is 2. The number of fused-ring (bicyclic) bond motifs is 1. The number of aromatic hydroxyl groups is 1. The lowest BCUT2D eigenvalue weighted by Gasteiger charge is -2.15. The third-order valence-electron chi connectivity index (χ3n) is 4.25. The van der Waals surface area contributed by atoms with Crippen LogP contribution in [0.5, 0.6) is 5.75 Å². The summed E-state index contributed by atoms with van der Waals surface area (Å²) in [6.45, 7) is 1.93. The minimum atomic E-state index is -0.0999. The van der Waals surface area contributed by atoms with Crippen LogP contribution in [0.2, 0.25) is 5.02 Å². The van der Waals surface area contributed by atoms with E-state index in [9.17, 15) is 9.90 Å². The highest BCUT2D eigenvalue weighted by molar-refractivity contribution is 8.00. The summed E-state index contributed by atoms with van der Waals surface area (Å²) in [5.74, 6) is 1.12. The van der Waals surface area contributed by atoms with Gasteiger partial charge in [-0.25, -0.2) is 4.68 Å². The fourth-order valence-corrected chi connectivity index (χ4v) is 4.41. The lowest BCUT2D eigenvalue weighted by atomic mass is 10.0. The summed E-state index contributed by atoms with van der Waals surface area (Å²) < 4.78 is 1.74. The van der Waals surface area contributed by atoms with Crippen molar-refractivity contribution in [2.24, 2.45) is 0 Å². The van der Waals surface area contributed by atoms with Crippen LogP contribution in [0.3, 0.4) is 0 Å². The fraction of sp³-hybridized carbons (Fsp3) is 0.158. The Hall–Kier alpha value is -2.44. The zero-order chi connectivity index (χ0) is 18.3. The zero-order valence-electron chi connectivity index (χ0n) is 13.9. The molecule has 0 unspecified atom stereocenters. The quantitative estimate of drug-likeness (QED) is 0.689. The van der Waals surface area contributed by atoms with Crippen LogP contribution >= 0.6 is 23.4 Å². The average Bonchev–Trinajstić information content (AvgIpc) is 2.82. The van der Waals surface area contributed by atoms with Gasteiger partial charge in [-0.15, -0.1) is 11.8 Å². The van der Waals surface area contributed by atoms with Crippen molar-refractivity contribution in [3.05, 3.63) is 70.4 Å². The Kier molecular flexibility index (Phi) is 4.38. The van der Waals surface area contributed by atoms with E-state index in [1.165, 1.54) is 11.8 Å². The number of hydrogen-bond acceptors (Lipinski definition) is 4. The van der Waals surface area contributed by atoms with Crippen LogP contribution in [0, 0.1) is 6.92 Å². The first-order valence-corrected chi connectivity index (χ1v) is 9.51. The molecular weight excluding hydrogens is 370 g/mol. The number of halogens is 1. The Morgan fingerprint density at radius 1 is 1.27 bits per heavy atom. The number of anilines is 1. The lowest BCUT2D eigenvalue weighted by Crippen LogP contribution is -2.15. The number of rotatable bonds is 2. The van der Waals surface area contributed by atoms with E-state index in [4.69, 9.17) is 11.6 Å². The van der Waals surface area contributed by atoms with E-state index < -0.39 is 0 Å². The highest BCUT2D eigenvalue weighted by Crippen LogP contribution is 2.44. The van der Waals surface area contributed by atoms with Gasteiger partial charge in [0, 0.05) is 10.6 Å². The van der Waals surface area contributed by atoms with Crippen LogP contribution in [-0.2, 0) is 4.79 Å². The van der Waals surface area contributed by atoms with Gasteiger partial charge in [-0.1, -0.05) is 23.7 Å². The van der Waals surface area contributed by atoms with Crippen molar-refractivity contribution < 1.29 is 9.90 Å². The number of carbonyl (C=O) groups is 1. The molecule has 0 fully saturated rings. The molecule has 4 rings (SSSR count). The Morgan fingerprint density at radius 2 is 2.04 bits per heavy atom. The Balaban J connectivity index is 1.89. The van der Waals surface area contributed by atoms with Gasteiger partial charge in [-0.3, -0.25) is 4.79 Å². The second-order valence-electron chi connectivity index (χ2n) is 6.07. The molecule has 0 saturated heterocycles. The van der Waals surface area contributed by atoms with Gasteiger partial charge in [0.25, 0.3) is 0 Å². The molecule has 5 nitrogen and oxygen atoms in total. The topological polar surface area (TPSA) is 67.1 Å². The first-order chi connectivity index (χ1) is 12.5. The molecule has 0 radical (unpaired) electrons. The third-order valence-corrected chi connectivity index (χ3v) is 5.77.